The molecule has 9 heteroatoms. The predicted octanol–water partition coefficient (Wildman–Crippen LogP) is 13.8. The lowest BCUT2D eigenvalue weighted by Gasteiger charge is -2.24. The maximum Gasteiger partial charge on any atom is 0.472 e. The summed E-state index contributed by atoms with van der Waals surface area (Å²) in [6, 6.07) is 0. The second-order valence-corrected chi connectivity index (χ2v) is 17.5. The molecule has 0 saturated heterocycles. The Morgan fingerprint density at radius 1 is 0.525 bits per heavy atom. The van der Waals surface area contributed by atoms with Crippen molar-refractivity contribution in [1.29, 1.82) is 0 Å². The highest BCUT2D eigenvalue weighted by molar-refractivity contribution is 7.47. The molecular formula is C50H87NO7P+. The van der Waals surface area contributed by atoms with Crippen LogP contribution in [0.1, 0.15) is 155 Å². The molecule has 0 aliphatic heterocycles. The molecule has 8 nitrogen and oxygen atoms in total. The second-order valence-electron chi connectivity index (χ2n) is 16.0. The Balaban J connectivity index is 4.30. The Bertz CT molecular complexity index is 1260. The minimum atomic E-state index is -4.29. The van der Waals surface area contributed by atoms with Crippen LogP contribution in [0.15, 0.2) is 97.2 Å². The van der Waals surface area contributed by atoms with Crippen LogP contribution < -0.4 is 0 Å². The number of hydrogen-bond donors (Lipinski definition) is 1. The highest BCUT2D eigenvalue weighted by atomic mass is 31.2. The minimum absolute atomic E-state index is 0.0752. The van der Waals surface area contributed by atoms with Crippen molar-refractivity contribution in [1.82, 2.24) is 0 Å². The van der Waals surface area contributed by atoms with Gasteiger partial charge in [0.2, 0.25) is 0 Å². The molecule has 0 radical (unpaired) electrons. The number of ether oxygens (including phenoxy) is 2. The molecule has 2 atom stereocenters. The van der Waals surface area contributed by atoms with Crippen molar-refractivity contribution in [2.24, 2.45) is 0 Å². The molecule has 0 bridgehead atoms. The maximum atomic E-state index is 12.7. The zero-order valence-electron chi connectivity index (χ0n) is 38.2. The van der Waals surface area contributed by atoms with E-state index in [1.165, 1.54) is 25.7 Å². The van der Waals surface area contributed by atoms with E-state index in [4.69, 9.17) is 18.5 Å². The fourth-order valence-electron chi connectivity index (χ4n) is 5.65. The smallest absolute Gasteiger partial charge is 0.457 e. The number of carbonyl (C=O) groups excluding carboxylic acids is 1. The first-order valence-electron chi connectivity index (χ1n) is 23.0. The molecule has 0 saturated carbocycles. The van der Waals surface area contributed by atoms with Crippen LogP contribution >= 0.6 is 7.82 Å². The van der Waals surface area contributed by atoms with Crippen LogP contribution in [-0.2, 0) is 27.9 Å². The van der Waals surface area contributed by atoms with Crippen molar-refractivity contribution in [2.45, 2.75) is 161 Å². The standard InChI is InChI=1S/C50H86NO7P/c1-6-8-10-12-14-16-18-20-22-24-25-26-28-30-32-34-36-38-40-42-45-55-47-49(48-57-59(53,54)56-46-44-51(3,4)5)58-50(52)43-41-39-37-35-33-31-29-27-23-21-19-17-15-13-11-9-7-2/h8-11,14-17,20-23,25-26,29,31,49H,6-7,12-13,18-19,24,27-28,30,32-48H2,1-5H3/p+1/b10-8-,11-9-,16-14-,17-15-,22-20-,23-21-,26-25-,31-29-. The quantitative estimate of drug-likeness (QED) is 0.0215. The third kappa shape index (κ3) is 46.3. The summed E-state index contributed by atoms with van der Waals surface area (Å²) in [5.74, 6) is -0.345. The normalized spacial score (nSPS) is 14.6. The number of rotatable bonds is 41. The van der Waals surface area contributed by atoms with Gasteiger partial charge >= 0.3 is 13.8 Å². The van der Waals surface area contributed by atoms with Gasteiger partial charge in [-0.15, -0.1) is 0 Å². The Hall–Kier alpha value is -2.58. The van der Waals surface area contributed by atoms with Crippen molar-refractivity contribution in [3.05, 3.63) is 97.2 Å². The van der Waals surface area contributed by atoms with E-state index < -0.39 is 13.9 Å². The van der Waals surface area contributed by atoms with E-state index in [0.29, 0.717) is 24.1 Å². The molecule has 0 spiro atoms. The van der Waals surface area contributed by atoms with Gasteiger partial charge in [0.05, 0.1) is 34.4 Å². The van der Waals surface area contributed by atoms with E-state index in [1.54, 1.807) is 0 Å². The predicted molar refractivity (Wildman–Crippen MR) is 251 cm³/mol. The number of phosphoric acid groups is 1. The number of quaternary nitrogens is 1. The van der Waals surface area contributed by atoms with Gasteiger partial charge in [-0.2, -0.15) is 0 Å². The van der Waals surface area contributed by atoms with Crippen LogP contribution in [0.3, 0.4) is 0 Å². The highest BCUT2D eigenvalue weighted by Gasteiger charge is 2.26. The topological polar surface area (TPSA) is 91.3 Å². The summed E-state index contributed by atoms with van der Waals surface area (Å²) in [6.45, 7) is 5.31. The molecule has 2 unspecified atom stereocenters. The maximum absolute atomic E-state index is 12.7. The van der Waals surface area contributed by atoms with E-state index in [2.05, 4.69) is 111 Å². The lowest BCUT2D eigenvalue weighted by molar-refractivity contribution is -0.870. The zero-order chi connectivity index (χ0) is 43.4. The molecule has 338 valence electrons. The third-order valence-corrected chi connectivity index (χ3v) is 10.1. The zero-order valence-corrected chi connectivity index (χ0v) is 39.1. The van der Waals surface area contributed by atoms with Crippen LogP contribution in [0.5, 0.6) is 0 Å². The molecule has 0 amide bonds. The van der Waals surface area contributed by atoms with Gasteiger partial charge in [-0.05, 0) is 89.9 Å². The largest absolute Gasteiger partial charge is 0.472 e. The SMILES string of the molecule is CC/C=C\C/C=C\C/C=C\C/C=C\CCCCCCCCCOCC(COP(=O)(O)OCC[N+](C)(C)C)OC(=O)CCCCCC/C=C\C/C=C\C/C=C\C/C=C\CC. The van der Waals surface area contributed by atoms with Crippen molar-refractivity contribution in [3.8, 4) is 0 Å². The molecule has 0 aromatic carbocycles. The lowest BCUT2D eigenvalue weighted by atomic mass is 10.1. The van der Waals surface area contributed by atoms with Gasteiger partial charge in [-0.3, -0.25) is 13.8 Å². The molecule has 0 aromatic heterocycles. The van der Waals surface area contributed by atoms with Crippen LogP contribution in [0.2, 0.25) is 0 Å². The van der Waals surface area contributed by atoms with Gasteiger partial charge in [0.1, 0.15) is 19.3 Å². The van der Waals surface area contributed by atoms with E-state index in [1.807, 2.05) is 21.1 Å². The van der Waals surface area contributed by atoms with E-state index in [0.717, 1.165) is 109 Å². The molecule has 0 fully saturated rings. The number of nitrogens with zero attached hydrogens (tertiary/aromatic N) is 1. The molecule has 0 rings (SSSR count). The van der Waals surface area contributed by atoms with Gasteiger partial charge in [0, 0.05) is 13.0 Å². The van der Waals surface area contributed by atoms with Crippen LogP contribution in [0, 0.1) is 0 Å². The van der Waals surface area contributed by atoms with Crippen LogP contribution in [-0.4, -0.2) is 75.6 Å². The number of esters is 1. The number of unbranched alkanes of at least 4 members (excludes halogenated alkanes) is 11. The lowest BCUT2D eigenvalue weighted by Crippen LogP contribution is -2.37. The van der Waals surface area contributed by atoms with Gasteiger partial charge in [0.25, 0.3) is 0 Å². The number of hydrogen-bond acceptors (Lipinski definition) is 6. The Morgan fingerprint density at radius 3 is 1.39 bits per heavy atom. The summed E-state index contributed by atoms with van der Waals surface area (Å²) in [5, 5.41) is 0. The molecular weight excluding hydrogens is 758 g/mol. The Labute approximate surface area is 362 Å². The Morgan fingerprint density at radius 2 is 0.932 bits per heavy atom. The summed E-state index contributed by atoms with van der Waals surface area (Å²) >= 11 is 0. The number of carbonyl (C=O) groups is 1. The fourth-order valence-corrected chi connectivity index (χ4v) is 6.39. The van der Waals surface area contributed by atoms with E-state index in [-0.39, 0.29) is 25.8 Å². The van der Waals surface area contributed by atoms with Crippen LogP contribution in [0.25, 0.3) is 0 Å². The van der Waals surface area contributed by atoms with Crippen molar-refractivity contribution < 1.29 is 37.3 Å². The Kier molecular flexibility index (Phi) is 40.3. The summed E-state index contributed by atoms with van der Waals surface area (Å²) in [7, 11) is 1.62. The number of likely N-dealkylation sites (N-methyl/N-ethyl adjacent to an activating group) is 1. The van der Waals surface area contributed by atoms with Gasteiger partial charge < -0.3 is 18.9 Å². The summed E-state index contributed by atoms with van der Waals surface area (Å²) in [5.41, 5.74) is 0. The first-order valence-corrected chi connectivity index (χ1v) is 24.5. The van der Waals surface area contributed by atoms with Crippen molar-refractivity contribution >= 4 is 13.8 Å². The molecule has 0 aliphatic rings. The van der Waals surface area contributed by atoms with E-state index >= 15 is 0 Å². The monoisotopic (exact) mass is 845 g/mol. The van der Waals surface area contributed by atoms with Gasteiger partial charge in [-0.1, -0.05) is 156 Å². The average molecular weight is 845 g/mol. The first-order chi connectivity index (χ1) is 28.6. The fraction of sp³-hybridized carbons (Fsp3) is 0.660. The highest BCUT2D eigenvalue weighted by Crippen LogP contribution is 2.43. The number of phosphoric ester groups is 1. The van der Waals surface area contributed by atoms with Gasteiger partial charge in [-0.25, -0.2) is 4.57 Å². The molecule has 0 heterocycles. The number of allylic oxidation sites excluding steroid dienone is 16. The first kappa shape index (κ1) is 56.4. The second kappa shape index (κ2) is 42.1. The summed E-state index contributed by atoms with van der Waals surface area (Å²) in [6.07, 6.45) is 57.3. The molecule has 0 aromatic rings. The molecule has 59 heavy (non-hydrogen) atoms. The van der Waals surface area contributed by atoms with Gasteiger partial charge in [0.15, 0.2) is 0 Å². The average Bonchev–Trinajstić information content (AvgIpc) is 3.19. The summed E-state index contributed by atoms with van der Waals surface area (Å²) in [4.78, 5) is 22.9. The van der Waals surface area contributed by atoms with Crippen LogP contribution in [0.4, 0.5) is 0 Å². The van der Waals surface area contributed by atoms with Crippen molar-refractivity contribution in [3.63, 3.8) is 0 Å². The summed E-state index contributed by atoms with van der Waals surface area (Å²) < 4.78 is 35.0. The third-order valence-electron chi connectivity index (χ3n) is 9.14. The molecule has 0 aliphatic carbocycles. The molecule has 1 N–H and O–H groups in total. The minimum Gasteiger partial charge on any atom is -0.457 e. The van der Waals surface area contributed by atoms with E-state index in [9.17, 15) is 14.3 Å². The van der Waals surface area contributed by atoms with Crippen molar-refractivity contribution in [2.75, 3.05) is 54.1 Å².